The summed E-state index contributed by atoms with van der Waals surface area (Å²) in [6.45, 7) is 0.358. The minimum absolute atomic E-state index is 0.0786. The number of nitrogens with one attached hydrogen (secondary N) is 1. The van der Waals surface area contributed by atoms with Crippen molar-refractivity contribution in [1.29, 1.82) is 0 Å². The number of rotatable bonds is 9. The van der Waals surface area contributed by atoms with Gasteiger partial charge in [-0.1, -0.05) is 60.1 Å². The molecule has 2 unspecified atom stereocenters. The molecule has 0 radical (unpaired) electrons. The van der Waals surface area contributed by atoms with Crippen LogP contribution in [0.25, 0.3) is 0 Å². The van der Waals surface area contributed by atoms with E-state index in [-0.39, 0.29) is 19.0 Å². The molecule has 0 aromatic heterocycles. The molecule has 0 aliphatic heterocycles. The minimum atomic E-state index is -2.23. The summed E-state index contributed by atoms with van der Waals surface area (Å²) in [4.78, 5) is 12.4. The molecule has 0 saturated carbocycles. The van der Waals surface area contributed by atoms with Crippen LogP contribution in [0.4, 0.5) is 5.69 Å². The summed E-state index contributed by atoms with van der Waals surface area (Å²) in [5.41, 5.74) is 2.50. The Morgan fingerprint density at radius 1 is 1.00 bits per heavy atom. The van der Waals surface area contributed by atoms with Gasteiger partial charge in [0.15, 0.2) is 0 Å². The second kappa shape index (κ2) is 11.1. The normalized spacial score (nSPS) is 12.7. The third kappa shape index (κ3) is 6.38. The van der Waals surface area contributed by atoms with Gasteiger partial charge in [0.1, 0.15) is 0 Å². The van der Waals surface area contributed by atoms with Gasteiger partial charge in [-0.25, -0.2) is 4.21 Å². The second-order valence-electron chi connectivity index (χ2n) is 6.86. The Morgan fingerprint density at radius 2 is 1.65 bits per heavy atom. The van der Waals surface area contributed by atoms with Crippen molar-refractivity contribution in [1.82, 2.24) is 5.32 Å². The van der Waals surface area contributed by atoms with E-state index >= 15 is 0 Å². The molecule has 3 N–H and O–H groups in total. The van der Waals surface area contributed by atoms with Crippen molar-refractivity contribution < 1.29 is 18.7 Å². The Kier molecular flexibility index (Phi) is 8.20. The van der Waals surface area contributed by atoms with E-state index in [4.69, 9.17) is 11.6 Å². The lowest BCUT2D eigenvalue weighted by Gasteiger charge is -2.20. The first kappa shape index (κ1) is 23.0. The third-order valence-electron chi connectivity index (χ3n) is 4.79. The van der Waals surface area contributed by atoms with Crippen LogP contribution in [0.15, 0.2) is 78.9 Å². The van der Waals surface area contributed by atoms with Gasteiger partial charge in [0.05, 0.1) is 11.8 Å². The molecule has 31 heavy (non-hydrogen) atoms. The molecule has 162 valence electrons. The fraction of sp³-hybridized carbons (Fsp3) is 0.174. The van der Waals surface area contributed by atoms with Gasteiger partial charge in [-0.2, -0.15) is 0 Å². The van der Waals surface area contributed by atoms with Gasteiger partial charge in [-0.3, -0.25) is 13.7 Å². The van der Waals surface area contributed by atoms with Gasteiger partial charge in [0, 0.05) is 23.7 Å². The standard InChI is InChI=1S/C23H23ClN2O4S/c24-21-9-5-4-6-17(21)14-15-26(31(29)30)20-12-10-19(11-13-20)23(28)25-16-22(27)18-7-2-1-3-8-18/h1-13,22,27H,14-16H2,(H,25,28)(H,29,30). The quantitative estimate of drug-likeness (QED) is 0.423. The molecule has 1 amide bonds. The van der Waals surface area contributed by atoms with Crippen LogP contribution in [0.1, 0.15) is 27.6 Å². The van der Waals surface area contributed by atoms with Crippen molar-refractivity contribution in [2.45, 2.75) is 12.5 Å². The number of nitrogens with zero attached hydrogens (tertiary/aromatic N) is 1. The summed E-state index contributed by atoms with van der Waals surface area (Å²) in [6, 6.07) is 22.8. The van der Waals surface area contributed by atoms with Gasteiger partial charge in [0.25, 0.3) is 17.2 Å². The molecule has 3 aromatic rings. The number of carbonyl (C=O) groups excluding carboxylic acids is 1. The Bertz CT molecular complexity index is 1030. The van der Waals surface area contributed by atoms with Crippen LogP contribution in [0.5, 0.6) is 0 Å². The van der Waals surface area contributed by atoms with Crippen molar-refractivity contribution in [2.24, 2.45) is 0 Å². The molecule has 0 saturated heterocycles. The fourth-order valence-electron chi connectivity index (χ4n) is 3.08. The van der Waals surface area contributed by atoms with E-state index in [0.717, 1.165) is 11.1 Å². The summed E-state index contributed by atoms with van der Waals surface area (Å²) in [5, 5.41) is 13.5. The molecule has 3 rings (SSSR count). The molecular weight excluding hydrogens is 436 g/mol. The van der Waals surface area contributed by atoms with Crippen molar-refractivity contribution in [3.8, 4) is 0 Å². The van der Waals surface area contributed by atoms with E-state index in [1.54, 1.807) is 42.5 Å². The van der Waals surface area contributed by atoms with Crippen molar-refractivity contribution in [3.63, 3.8) is 0 Å². The first-order chi connectivity index (χ1) is 15.0. The predicted octanol–water partition coefficient (Wildman–Crippen LogP) is 3.99. The number of halogens is 1. The molecule has 0 heterocycles. The van der Waals surface area contributed by atoms with E-state index in [0.29, 0.717) is 22.7 Å². The van der Waals surface area contributed by atoms with E-state index in [9.17, 15) is 18.7 Å². The fourth-order valence-corrected chi connectivity index (χ4v) is 3.86. The number of hydrogen-bond donors (Lipinski definition) is 3. The molecule has 2 atom stereocenters. The molecule has 0 spiro atoms. The Morgan fingerprint density at radius 3 is 2.29 bits per heavy atom. The van der Waals surface area contributed by atoms with Crippen LogP contribution in [-0.2, 0) is 17.7 Å². The Hall–Kier alpha value is -2.71. The van der Waals surface area contributed by atoms with E-state index in [1.807, 2.05) is 36.4 Å². The molecule has 6 nitrogen and oxygen atoms in total. The first-order valence-corrected chi connectivity index (χ1v) is 11.1. The summed E-state index contributed by atoms with van der Waals surface area (Å²) < 4.78 is 22.9. The van der Waals surface area contributed by atoms with Crippen LogP contribution in [-0.4, -0.2) is 32.9 Å². The zero-order valence-corrected chi connectivity index (χ0v) is 18.2. The van der Waals surface area contributed by atoms with Crippen LogP contribution in [0.3, 0.4) is 0 Å². The van der Waals surface area contributed by atoms with E-state index in [2.05, 4.69) is 5.32 Å². The highest BCUT2D eigenvalue weighted by atomic mass is 35.5. The van der Waals surface area contributed by atoms with Gasteiger partial charge in [-0.05, 0) is 47.9 Å². The molecule has 0 fully saturated rings. The number of amides is 1. The molecule has 0 bridgehead atoms. The largest absolute Gasteiger partial charge is 0.387 e. The van der Waals surface area contributed by atoms with Crippen molar-refractivity contribution in [2.75, 3.05) is 17.4 Å². The number of aliphatic hydroxyl groups excluding tert-OH is 1. The molecular formula is C23H23ClN2O4S. The SMILES string of the molecule is O=C(NCC(O)c1ccccc1)c1ccc(N(CCc2ccccc2Cl)S(=O)O)cc1. The van der Waals surface area contributed by atoms with Gasteiger partial charge in [-0.15, -0.1) is 0 Å². The maximum Gasteiger partial charge on any atom is 0.261 e. The maximum atomic E-state index is 12.4. The number of carbonyl (C=O) groups is 1. The molecule has 3 aromatic carbocycles. The van der Waals surface area contributed by atoms with E-state index in [1.165, 1.54) is 4.31 Å². The number of aliphatic hydroxyl groups is 1. The minimum Gasteiger partial charge on any atom is -0.387 e. The molecule has 0 aliphatic carbocycles. The maximum absolute atomic E-state index is 12.4. The van der Waals surface area contributed by atoms with Gasteiger partial charge < -0.3 is 10.4 Å². The number of hydrogen-bond acceptors (Lipinski definition) is 3. The van der Waals surface area contributed by atoms with Crippen molar-refractivity contribution >= 4 is 34.5 Å². The Balaban J connectivity index is 1.61. The summed E-state index contributed by atoms with van der Waals surface area (Å²) in [6.07, 6.45) is -0.312. The third-order valence-corrected chi connectivity index (χ3v) is 5.93. The average molecular weight is 459 g/mol. The molecule has 0 aliphatic rings. The summed E-state index contributed by atoms with van der Waals surface area (Å²) >= 11 is 3.93. The Labute approximate surface area is 188 Å². The second-order valence-corrected chi connectivity index (χ2v) is 8.17. The first-order valence-electron chi connectivity index (χ1n) is 9.69. The zero-order valence-electron chi connectivity index (χ0n) is 16.6. The van der Waals surface area contributed by atoms with Crippen LogP contribution in [0, 0.1) is 0 Å². The summed E-state index contributed by atoms with van der Waals surface area (Å²) in [5.74, 6) is -0.339. The smallest absolute Gasteiger partial charge is 0.261 e. The highest BCUT2D eigenvalue weighted by molar-refractivity contribution is 7.80. The predicted molar refractivity (Wildman–Crippen MR) is 123 cm³/mol. The number of benzene rings is 3. The highest BCUT2D eigenvalue weighted by Gasteiger charge is 2.15. The van der Waals surface area contributed by atoms with Crippen LogP contribution < -0.4 is 9.62 Å². The number of anilines is 1. The van der Waals surface area contributed by atoms with Crippen LogP contribution in [0.2, 0.25) is 5.02 Å². The topological polar surface area (TPSA) is 89.9 Å². The average Bonchev–Trinajstić information content (AvgIpc) is 2.79. The van der Waals surface area contributed by atoms with Gasteiger partial charge in [0.2, 0.25) is 0 Å². The lowest BCUT2D eigenvalue weighted by atomic mass is 10.1. The molecule has 8 heteroatoms. The lowest BCUT2D eigenvalue weighted by Crippen LogP contribution is -2.29. The monoisotopic (exact) mass is 458 g/mol. The zero-order chi connectivity index (χ0) is 22.2. The van der Waals surface area contributed by atoms with Crippen molar-refractivity contribution in [3.05, 3.63) is 101 Å². The van der Waals surface area contributed by atoms with Crippen LogP contribution >= 0.6 is 11.6 Å². The summed E-state index contributed by atoms with van der Waals surface area (Å²) in [7, 11) is 0. The highest BCUT2D eigenvalue weighted by Crippen LogP contribution is 2.20. The van der Waals surface area contributed by atoms with Gasteiger partial charge >= 0.3 is 0 Å². The lowest BCUT2D eigenvalue weighted by molar-refractivity contribution is 0.0916. The van der Waals surface area contributed by atoms with E-state index < -0.39 is 17.4 Å².